The van der Waals surface area contributed by atoms with E-state index in [4.69, 9.17) is 5.73 Å². The average Bonchev–Trinajstić information content (AvgIpc) is 2.54. The molecular formula is C17H24N4O3. The molecular weight excluding hydrogens is 308 g/mol. The zero-order valence-electron chi connectivity index (χ0n) is 13.9. The smallest absolute Gasteiger partial charge is 0.231 e. The number of primary amides is 1. The van der Waals surface area contributed by atoms with E-state index in [1.807, 2.05) is 35.2 Å². The van der Waals surface area contributed by atoms with Gasteiger partial charge < -0.3 is 16.0 Å². The van der Waals surface area contributed by atoms with Crippen molar-refractivity contribution in [1.82, 2.24) is 15.1 Å². The lowest BCUT2D eigenvalue weighted by atomic mass is 10.0. The van der Waals surface area contributed by atoms with Gasteiger partial charge in [0.15, 0.2) is 0 Å². The quantitative estimate of drug-likeness (QED) is 0.759. The van der Waals surface area contributed by atoms with Crippen molar-refractivity contribution in [2.45, 2.75) is 19.4 Å². The summed E-state index contributed by atoms with van der Waals surface area (Å²) in [6, 6.07) is 9.14. The van der Waals surface area contributed by atoms with Crippen molar-refractivity contribution in [3.63, 3.8) is 0 Å². The first-order chi connectivity index (χ1) is 11.5. The van der Waals surface area contributed by atoms with Gasteiger partial charge >= 0.3 is 0 Å². The maximum absolute atomic E-state index is 12.6. The van der Waals surface area contributed by atoms with Crippen LogP contribution in [0.2, 0.25) is 0 Å². The molecule has 0 aliphatic carbocycles. The van der Waals surface area contributed by atoms with E-state index < -0.39 is 0 Å². The number of hydrogen-bond donors (Lipinski definition) is 2. The fourth-order valence-corrected chi connectivity index (χ4v) is 2.86. The molecule has 1 aromatic carbocycles. The number of nitrogens with two attached hydrogens (primary N) is 1. The Morgan fingerprint density at radius 2 is 1.75 bits per heavy atom. The minimum atomic E-state index is -0.357. The molecule has 130 valence electrons. The van der Waals surface area contributed by atoms with E-state index in [0.717, 1.165) is 5.56 Å². The molecule has 1 saturated heterocycles. The summed E-state index contributed by atoms with van der Waals surface area (Å²) in [6.07, 6.45) is 0.222. The number of benzene rings is 1. The van der Waals surface area contributed by atoms with Gasteiger partial charge in [-0.05, 0) is 5.56 Å². The van der Waals surface area contributed by atoms with Crippen molar-refractivity contribution in [2.75, 3.05) is 32.7 Å². The second kappa shape index (κ2) is 8.44. The van der Waals surface area contributed by atoms with Gasteiger partial charge in [-0.1, -0.05) is 30.3 Å². The Labute approximate surface area is 141 Å². The molecule has 1 fully saturated rings. The monoisotopic (exact) mass is 332 g/mol. The van der Waals surface area contributed by atoms with E-state index in [9.17, 15) is 14.4 Å². The van der Waals surface area contributed by atoms with Crippen molar-refractivity contribution >= 4 is 17.7 Å². The summed E-state index contributed by atoms with van der Waals surface area (Å²) in [6.45, 7) is 4.06. The Morgan fingerprint density at radius 1 is 1.12 bits per heavy atom. The number of nitrogens with one attached hydrogen (secondary N) is 1. The molecule has 3 amide bonds. The van der Waals surface area contributed by atoms with Crippen LogP contribution in [0.25, 0.3) is 0 Å². The summed E-state index contributed by atoms with van der Waals surface area (Å²) >= 11 is 0. The molecule has 7 nitrogen and oxygen atoms in total. The highest BCUT2D eigenvalue weighted by Gasteiger charge is 2.25. The number of piperazine rings is 1. The van der Waals surface area contributed by atoms with Crippen molar-refractivity contribution in [3.05, 3.63) is 35.9 Å². The van der Waals surface area contributed by atoms with E-state index >= 15 is 0 Å². The first-order valence-electron chi connectivity index (χ1n) is 8.06. The first kappa shape index (κ1) is 17.9. The van der Waals surface area contributed by atoms with Gasteiger partial charge in [0, 0.05) is 33.1 Å². The lowest BCUT2D eigenvalue weighted by molar-refractivity contribution is -0.133. The third-order valence-corrected chi connectivity index (χ3v) is 4.06. The van der Waals surface area contributed by atoms with Gasteiger partial charge in [-0.15, -0.1) is 0 Å². The number of rotatable bonds is 6. The number of nitrogens with zero attached hydrogens (tertiary/aromatic N) is 2. The van der Waals surface area contributed by atoms with Crippen LogP contribution < -0.4 is 11.1 Å². The predicted molar refractivity (Wildman–Crippen MR) is 89.8 cm³/mol. The number of carbonyl (C=O) groups is 3. The molecule has 1 atom stereocenters. The summed E-state index contributed by atoms with van der Waals surface area (Å²) in [5.41, 5.74) is 6.10. The Bertz CT molecular complexity index is 583. The highest BCUT2D eigenvalue weighted by atomic mass is 16.2. The van der Waals surface area contributed by atoms with E-state index in [-0.39, 0.29) is 36.7 Å². The summed E-state index contributed by atoms with van der Waals surface area (Å²) in [5, 5.41) is 2.84. The molecule has 1 aliphatic rings. The van der Waals surface area contributed by atoms with E-state index in [1.54, 1.807) is 4.90 Å². The van der Waals surface area contributed by atoms with Gasteiger partial charge in [0.05, 0.1) is 19.0 Å². The molecule has 0 bridgehead atoms. The molecule has 1 unspecified atom stereocenters. The average molecular weight is 332 g/mol. The van der Waals surface area contributed by atoms with Gasteiger partial charge in [0.25, 0.3) is 0 Å². The fourth-order valence-electron chi connectivity index (χ4n) is 2.86. The number of hydrogen-bond acceptors (Lipinski definition) is 4. The Hall–Kier alpha value is -2.41. The summed E-state index contributed by atoms with van der Waals surface area (Å²) in [7, 11) is 0. The highest BCUT2D eigenvalue weighted by molar-refractivity contribution is 5.79. The van der Waals surface area contributed by atoms with Crippen molar-refractivity contribution < 1.29 is 14.4 Å². The summed E-state index contributed by atoms with van der Waals surface area (Å²) in [4.78, 5) is 38.7. The normalized spacial score (nSPS) is 16.5. The van der Waals surface area contributed by atoms with Crippen molar-refractivity contribution in [3.8, 4) is 0 Å². The maximum Gasteiger partial charge on any atom is 0.231 e. The highest BCUT2D eigenvalue weighted by Crippen LogP contribution is 2.18. The van der Waals surface area contributed by atoms with E-state index in [2.05, 4.69) is 5.32 Å². The molecule has 1 heterocycles. The predicted octanol–water partition coefficient (Wildman–Crippen LogP) is -0.117. The second-order valence-corrected chi connectivity index (χ2v) is 5.99. The molecule has 2 rings (SSSR count). The van der Waals surface area contributed by atoms with Gasteiger partial charge in [-0.25, -0.2) is 0 Å². The molecule has 1 aliphatic heterocycles. The molecule has 7 heteroatoms. The van der Waals surface area contributed by atoms with Gasteiger partial charge in [-0.2, -0.15) is 0 Å². The van der Waals surface area contributed by atoms with Crippen LogP contribution in [0.1, 0.15) is 24.9 Å². The molecule has 0 aromatic heterocycles. The zero-order valence-corrected chi connectivity index (χ0v) is 13.9. The third kappa shape index (κ3) is 5.34. The number of amides is 3. The van der Waals surface area contributed by atoms with Crippen LogP contribution >= 0.6 is 0 Å². The topological polar surface area (TPSA) is 95.7 Å². The first-order valence-corrected chi connectivity index (χ1v) is 8.06. The lowest BCUT2D eigenvalue weighted by Gasteiger charge is -2.34. The minimum absolute atomic E-state index is 0.00340. The van der Waals surface area contributed by atoms with Crippen molar-refractivity contribution in [1.29, 1.82) is 0 Å². The SMILES string of the molecule is CC(=O)NC(CC(=O)N1CCN(CC(N)=O)CC1)c1ccccc1. The third-order valence-electron chi connectivity index (χ3n) is 4.06. The molecule has 3 N–H and O–H groups in total. The Kier molecular flexibility index (Phi) is 6.31. The summed E-state index contributed by atoms with van der Waals surface area (Å²) < 4.78 is 0. The zero-order chi connectivity index (χ0) is 17.5. The van der Waals surface area contributed by atoms with Crippen LogP contribution in [-0.4, -0.2) is 60.2 Å². The molecule has 0 saturated carbocycles. The van der Waals surface area contributed by atoms with Crippen LogP contribution in [-0.2, 0) is 14.4 Å². The van der Waals surface area contributed by atoms with Crippen LogP contribution in [0, 0.1) is 0 Å². The lowest BCUT2D eigenvalue weighted by Crippen LogP contribution is -2.51. The molecule has 1 aromatic rings. The van der Waals surface area contributed by atoms with E-state index in [1.165, 1.54) is 6.92 Å². The molecule has 24 heavy (non-hydrogen) atoms. The molecule has 0 spiro atoms. The van der Waals surface area contributed by atoms with Crippen LogP contribution in [0.4, 0.5) is 0 Å². The van der Waals surface area contributed by atoms with Gasteiger partial charge in [0.2, 0.25) is 17.7 Å². The Morgan fingerprint density at radius 3 is 2.29 bits per heavy atom. The molecule has 0 radical (unpaired) electrons. The van der Waals surface area contributed by atoms with E-state index in [0.29, 0.717) is 26.2 Å². The van der Waals surface area contributed by atoms with Crippen molar-refractivity contribution in [2.24, 2.45) is 5.73 Å². The number of carbonyl (C=O) groups excluding carboxylic acids is 3. The van der Waals surface area contributed by atoms with Crippen LogP contribution in [0.3, 0.4) is 0 Å². The standard InChI is InChI=1S/C17H24N4O3/c1-13(22)19-15(14-5-3-2-4-6-14)11-17(24)21-9-7-20(8-10-21)12-16(18)23/h2-6,15H,7-12H2,1H3,(H2,18,23)(H,19,22). The minimum Gasteiger partial charge on any atom is -0.369 e. The Balaban J connectivity index is 1.93. The van der Waals surface area contributed by atoms with Crippen LogP contribution in [0.15, 0.2) is 30.3 Å². The second-order valence-electron chi connectivity index (χ2n) is 5.99. The largest absolute Gasteiger partial charge is 0.369 e. The van der Waals surface area contributed by atoms with Gasteiger partial charge in [0.1, 0.15) is 0 Å². The fraction of sp³-hybridized carbons (Fsp3) is 0.471. The summed E-state index contributed by atoms with van der Waals surface area (Å²) in [5.74, 6) is -0.524. The van der Waals surface area contributed by atoms with Crippen LogP contribution in [0.5, 0.6) is 0 Å². The van der Waals surface area contributed by atoms with Gasteiger partial charge in [-0.3, -0.25) is 19.3 Å². The maximum atomic E-state index is 12.6.